The Labute approximate surface area is 147 Å². The van der Waals surface area contributed by atoms with E-state index in [0.29, 0.717) is 31.8 Å². The summed E-state index contributed by atoms with van der Waals surface area (Å²) in [6.07, 6.45) is 7.71. The first kappa shape index (κ1) is 16.2. The topological polar surface area (TPSA) is 76.5 Å². The van der Waals surface area contributed by atoms with E-state index in [1.807, 2.05) is 4.90 Å². The monoisotopic (exact) mass is 340 g/mol. The van der Waals surface area contributed by atoms with Gasteiger partial charge in [-0.05, 0) is 61.3 Å². The summed E-state index contributed by atoms with van der Waals surface area (Å²) in [5.74, 6) is 0.210. The first-order valence-corrected chi connectivity index (χ1v) is 9.18. The van der Waals surface area contributed by atoms with Crippen molar-refractivity contribution in [2.45, 2.75) is 44.9 Å². The molecule has 0 bridgehead atoms. The minimum atomic E-state index is -0.248. The lowest BCUT2D eigenvalue weighted by Crippen LogP contribution is -2.40. The average Bonchev–Trinajstić information content (AvgIpc) is 3.19. The van der Waals surface area contributed by atoms with Crippen LogP contribution in [0, 0.1) is 5.92 Å². The summed E-state index contributed by atoms with van der Waals surface area (Å²) in [6.45, 7) is 1.42. The van der Waals surface area contributed by atoms with Crippen molar-refractivity contribution in [2.75, 3.05) is 13.1 Å². The molecule has 2 heterocycles. The summed E-state index contributed by atoms with van der Waals surface area (Å²) in [6, 6.07) is 4.35. The van der Waals surface area contributed by atoms with E-state index in [9.17, 15) is 9.59 Å². The summed E-state index contributed by atoms with van der Waals surface area (Å²) in [5.41, 5.74) is 9.93. The number of carbonyl (C=O) groups excluding carboxylic acids is 2. The summed E-state index contributed by atoms with van der Waals surface area (Å²) in [5, 5.41) is 1.08. The highest BCUT2D eigenvalue weighted by atomic mass is 16.3. The van der Waals surface area contributed by atoms with Crippen LogP contribution in [0.25, 0.3) is 11.0 Å². The summed E-state index contributed by atoms with van der Waals surface area (Å²) < 4.78 is 5.70. The highest BCUT2D eigenvalue weighted by molar-refractivity contribution is 5.88. The number of furan rings is 1. The van der Waals surface area contributed by atoms with Crippen LogP contribution in [0.5, 0.6) is 0 Å². The van der Waals surface area contributed by atoms with E-state index in [4.69, 9.17) is 10.2 Å². The van der Waals surface area contributed by atoms with Crippen LogP contribution in [0.15, 0.2) is 22.8 Å². The second kappa shape index (κ2) is 6.54. The van der Waals surface area contributed by atoms with Crippen molar-refractivity contribution in [3.05, 3.63) is 35.1 Å². The van der Waals surface area contributed by atoms with Crippen molar-refractivity contribution in [1.29, 1.82) is 0 Å². The SMILES string of the molecule is NC(=O)CC1CCN(C(=O)Cc2coc3cc4c(cc23)CCC4)CC1. The van der Waals surface area contributed by atoms with Crippen molar-refractivity contribution in [3.8, 4) is 0 Å². The molecule has 1 aliphatic heterocycles. The number of rotatable bonds is 4. The van der Waals surface area contributed by atoms with Gasteiger partial charge in [0.15, 0.2) is 0 Å². The normalized spacial score (nSPS) is 17.8. The Hall–Kier alpha value is -2.30. The molecule has 0 unspecified atom stereocenters. The first-order chi connectivity index (χ1) is 12.1. The van der Waals surface area contributed by atoms with Crippen molar-refractivity contribution >= 4 is 22.8 Å². The lowest BCUT2D eigenvalue weighted by atomic mass is 9.93. The Morgan fingerprint density at radius 2 is 1.88 bits per heavy atom. The Morgan fingerprint density at radius 3 is 2.60 bits per heavy atom. The minimum Gasteiger partial charge on any atom is -0.464 e. The zero-order valence-corrected chi connectivity index (χ0v) is 14.4. The summed E-state index contributed by atoms with van der Waals surface area (Å²) >= 11 is 0. The molecule has 2 aromatic rings. The number of nitrogens with two attached hydrogens (primary N) is 1. The largest absolute Gasteiger partial charge is 0.464 e. The van der Waals surface area contributed by atoms with Gasteiger partial charge < -0.3 is 15.1 Å². The fraction of sp³-hybridized carbons (Fsp3) is 0.500. The number of primary amides is 1. The van der Waals surface area contributed by atoms with E-state index in [0.717, 1.165) is 42.2 Å². The average molecular weight is 340 g/mol. The molecule has 1 fully saturated rings. The van der Waals surface area contributed by atoms with Crippen LogP contribution in [-0.4, -0.2) is 29.8 Å². The smallest absolute Gasteiger partial charge is 0.227 e. The quantitative estimate of drug-likeness (QED) is 0.929. The van der Waals surface area contributed by atoms with Crippen LogP contribution in [-0.2, 0) is 28.9 Å². The predicted octanol–water partition coefficient (Wildman–Crippen LogP) is 2.58. The van der Waals surface area contributed by atoms with Crippen LogP contribution in [0.4, 0.5) is 0 Å². The van der Waals surface area contributed by atoms with Crippen molar-refractivity contribution in [3.63, 3.8) is 0 Å². The summed E-state index contributed by atoms with van der Waals surface area (Å²) in [7, 11) is 0. The molecule has 1 aromatic carbocycles. The zero-order valence-electron chi connectivity index (χ0n) is 14.4. The van der Waals surface area contributed by atoms with Gasteiger partial charge in [-0.1, -0.05) is 0 Å². The highest BCUT2D eigenvalue weighted by Crippen LogP contribution is 2.31. The van der Waals surface area contributed by atoms with Crippen LogP contribution in [0.1, 0.15) is 42.4 Å². The van der Waals surface area contributed by atoms with E-state index in [1.165, 1.54) is 17.5 Å². The van der Waals surface area contributed by atoms with E-state index in [-0.39, 0.29) is 11.8 Å². The lowest BCUT2D eigenvalue weighted by molar-refractivity contribution is -0.131. The number of benzene rings is 1. The van der Waals surface area contributed by atoms with Gasteiger partial charge in [0.25, 0.3) is 0 Å². The number of hydrogen-bond acceptors (Lipinski definition) is 3. The van der Waals surface area contributed by atoms with Gasteiger partial charge in [0.1, 0.15) is 5.58 Å². The lowest BCUT2D eigenvalue weighted by Gasteiger charge is -2.31. The molecule has 5 nitrogen and oxygen atoms in total. The molecule has 1 aromatic heterocycles. The van der Waals surface area contributed by atoms with Crippen molar-refractivity contribution < 1.29 is 14.0 Å². The minimum absolute atomic E-state index is 0.140. The Balaban J connectivity index is 1.43. The Kier molecular flexibility index (Phi) is 4.24. The molecule has 4 rings (SSSR count). The second-order valence-corrected chi connectivity index (χ2v) is 7.40. The maximum Gasteiger partial charge on any atom is 0.227 e. The van der Waals surface area contributed by atoms with Crippen molar-refractivity contribution in [2.24, 2.45) is 11.7 Å². The molecule has 132 valence electrons. The molecule has 2 aliphatic rings. The number of likely N-dealkylation sites (tertiary alicyclic amines) is 1. The number of amides is 2. The molecular formula is C20H24N2O3. The van der Waals surface area contributed by atoms with Gasteiger partial charge in [-0.2, -0.15) is 0 Å². The fourth-order valence-electron chi connectivity index (χ4n) is 4.23. The zero-order chi connectivity index (χ0) is 17.4. The van der Waals surface area contributed by atoms with E-state index in [2.05, 4.69) is 12.1 Å². The van der Waals surface area contributed by atoms with Gasteiger partial charge in [-0.25, -0.2) is 0 Å². The van der Waals surface area contributed by atoms with Gasteiger partial charge in [0.2, 0.25) is 11.8 Å². The van der Waals surface area contributed by atoms with Gasteiger partial charge in [-0.3, -0.25) is 9.59 Å². The number of aryl methyl sites for hydroxylation is 2. The standard InChI is InChI=1S/C20H24N2O3/c21-19(23)8-13-4-6-22(7-5-13)20(24)11-16-12-25-18-10-15-3-1-2-14(15)9-17(16)18/h9-10,12-13H,1-8,11H2,(H2,21,23). The molecule has 2 N–H and O–H groups in total. The third-order valence-corrected chi connectivity index (χ3v) is 5.67. The maximum absolute atomic E-state index is 12.7. The van der Waals surface area contributed by atoms with Gasteiger partial charge in [0.05, 0.1) is 12.7 Å². The Morgan fingerprint density at radius 1 is 1.16 bits per heavy atom. The molecule has 5 heteroatoms. The number of nitrogens with zero attached hydrogens (tertiary/aromatic N) is 1. The van der Waals surface area contributed by atoms with Crippen LogP contribution >= 0.6 is 0 Å². The fourth-order valence-corrected chi connectivity index (χ4v) is 4.23. The van der Waals surface area contributed by atoms with Gasteiger partial charge in [-0.15, -0.1) is 0 Å². The van der Waals surface area contributed by atoms with Crippen LogP contribution in [0.2, 0.25) is 0 Å². The molecule has 25 heavy (non-hydrogen) atoms. The Bertz CT molecular complexity index is 816. The third kappa shape index (κ3) is 3.28. The number of fused-ring (bicyclic) bond motifs is 2. The van der Waals surface area contributed by atoms with E-state index >= 15 is 0 Å². The van der Waals surface area contributed by atoms with Crippen LogP contribution < -0.4 is 5.73 Å². The predicted molar refractivity (Wildman–Crippen MR) is 95.1 cm³/mol. The van der Waals surface area contributed by atoms with Crippen molar-refractivity contribution in [1.82, 2.24) is 4.90 Å². The molecule has 0 saturated carbocycles. The van der Waals surface area contributed by atoms with Crippen LogP contribution in [0.3, 0.4) is 0 Å². The molecule has 1 saturated heterocycles. The van der Waals surface area contributed by atoms with E-state index < -0.39 is 0 Å². The van der Waals surface area contributed by atoms with E-state index in [1.54, 1.807) is 6.26 Å². The van der Waals surface area contributed by atoms with Gasteiger partial charge >= 0.3 is 0 Å². The molecule has 2 amide bonds. The molecule has 0 spiro atoms. The first-order valence-electron chi connectivity index (χ1n) is 9.18. The number of carbonyl (C=O) groups is 2. The maximum atomic E-state index is 12.7. The molecule has 0 radical (unpaired) electrons. The third-order valence-electron chi connectivity index (χ3n) is 5.67. The number of piperidine rings is 1. The highest BCUT2D eigenvalue weighted by Gasteiger charge is 2.25. The van der Waals surface area contributed by atoms with Gasteiger partial charge in [0, 0.05) is 30.5 Å². The number of hydrogen-bond donors (Lipinski definition) is 1. The second-order valence-electron chi connectivity index (χ2n) is 7.40. The molecular weight excluding hydrogens is 316 g/mol. The summed E-state index contributed by atoms with van der Waals surface area (Å²) in [4.78, 5) is 25.6. The molecule has 1 aliphatic carbocycles. The molecule has 0 atom stereocenters.